The van der Waals surface area contributed by atoms with Crippen LogP contribution in [-0.4, -0.2) is 67.3 Å². The molecule has 0 bridgehead atoms. The minimum Gasteiger partial charge on any atom is -0.505 e. The van der Waals surface area contributed by atoms with Crippen LogP contribution in [0.1, 0.15) is 26.4 Å². The SMILES string of the molecule is COc1cc(N=Nc2ccc([N+](=O)[O-])cc2C(=O)O)c(C)cc1N=Nc1c(SOOO)cc2cc(N=Nc3c(C(=O)O)[nH]n(-c4ccc(S(=O)(=O)O)cc4)c3=O)ccc2c1O. The highest BCUT2D eigenvalue weighted by Gasteiger charge is 2.22. The Kier molecular flexibility index (Phi) is 12.4. The van der Waals surface area contributed by atoms with Crippen molar-refractivity contribution in [1.82, 2.24) is 9.78 Å². The number of ether oxygens (including phenoxy) is 1. The van der Waals surface area contributed by atoms with Crippen molar-refractivity contribution >= 4 is 84.7 Å². The smallest absolute Gasteiger partial charge is 0.356 e. The second-order valence-corrected chi connectivity index (χ2v) is 14.3. The fourth-order valence-electron chi connectivity index (χ4n) is 5.46. The monoisotopic (exact) mass is 875 g/mol. The number of aryl methyl sites for hydroxylation is 1. The van der Waals surface area contributed by atoms with E-state index in [-0.39, 0.29) is 55.5 Å². The Labute approximate surface area is 343 Å². The van der Waals surface area contributed by atoms with Crippen molar-refractivity contribution < 1.29 is 62.2 Å². The highest BCUT2D eigenvalue weighted by atomic mass is 32.2. The van der Waals surface area contributed by atoms with Crippen LogP contribution in [0.25, 0.3) is 16.5 Å². The van der Waals surface area contributed by atoms with Crippen LogP contribution in [0.4, 0.5) is 39.8 Å². The van der Waals surface area contributed by atoms with Gasteiger partial charge in [-0.3, -0.25) is 24.6 Å². The third kappa shape index (κ3) is 9.28. The van der Waals surface area contributed by atoms with Gasteiger partial charge in [-0.05, 0) is 78.5 Å². The number of aromatic nitrogens is 2. The van der Waals surface area contributed by atoms with Gasteiger partial charge in [-0.1, -0.05) is 5.04 Å². The number of hydrogen-bond donors (Lipinski definition) is 6. The van der Waals surface area contributed by atoms with Gasteiger partial charge in [0, 0.05) is 23.6 Å². The van der Waals surface area contributed by atoms with Crippen molar-refractivity contribution in [3.63, 3.8) is 0 Å². The van der Waals surface area contributed by atoms with E-state index in [0.29, 0.717) is 17.6 Å². The number of nitrogens with zero attached hydrogens (tertiary/aromatic N) is 8. The second kappa shape index (κ2) is 17.6. The predicted molar refractivity (Wildman–Crippen MR) is 210 cm³/mol. The molecule has 5 aromatic carbocycles. The molecule has 1 heterocycles. The number of azo groups is 3. The van der Waals surface area contributed by atoms with Gasteiger partial charge in [0.25, 0.3) is 21.4 Å². The first-order chi connectivity index (χ1) is 29.0. The highest BCUT2D eigenvalue weighted by Crippen LogP contribution is 2.46. The first-order valence-corrected chi connectivity index (χ1v) is 18.7. The largest absolute Gasteiger partial charge is 0.505 e. The number of aromatic hydroxyl groups is 1. The summed E-state index contributed by atoms with van der Waals surface area (Å²) in [6, 6.07) is 15.9. The average molecular weight is 876 g/mol. The molecule has 26 heteroatoms. The van der Waals surface area contributed by atoms with Crippen molar-refractivity contribution in [3.8, 4) is 17.2 Å². The number of phenols is 1. The maximum Gasteiger partial charge on any atom is 0.356 e. The molecular formula is C35H25N9O15S2. The number of nitrogens with one attached hydrogen (secondary N) is 1. The molecule has 6 N–H and O–H groups in total. The van der Waals surface area contributed by atoms with E-state index >= 15 is 0 Å². The molecule has 312 valence electrons. The zero-order valence-electron chi connectivity index (χ0n) is 30.7. The van der Waals surface area contributed by atoms with Crippen LogP contribution in [-0.2, 0) is 19.5 Å². The first-order valence-electron chi connectivity index (χ1n) is 16.6. The molecule has 61 heavy (non-hydrogen) atoms. The van der Waals surface area contributed by atoms with E-state index in [1.54, 1.807) is 6.92 Å². The number of fused-ring (bicyclic) bond motifs is 1. The molecule has 0 aliphatic heterocycles. The molecule has 0 aliphatic rings. The van der Waals surface area contributed by atoms with Gasteiger partial charge in [0.15, 0.2) is 17.1 Å². The van der Waals surface area contributed by atoms with Gasteiger partial charge < -0.3 is 20.1 Å². The third-order valence-corrected chi connectivity index (χ3v) is 9.86. The van der Waals surface area contributed by atoms with Crippen LogP contribution < -0.4 is 10.3 Å². The lowest BCUT2D eigenvalue weighted by molar-refractivity contribution is -0.432. The Morgan fingerprint density at radius 1 is 0.852 bits per heavy atom. The van der Waals surface area contributed by atoms with Crippen molar-refractivity contribution in [2.45, 2.75) is 16.7 Å². The van der Waals surface area contributed by atoms with E-state index in [0.717, 1.165) is 47.1 Å². The molecule has 0 unspecified atom stereocenters. The Morgan fingerprint density at radius 3 is 2.18 bits per heavy atom. The van der Waals surface area contributed by atoms with Crippen LogP contribution in [0.3, 0.4) is 0 Å². The van der Waals surface area contributed by atoms with Crippen LogP contribution in [0.5, 0.6) is 11.5 Å². The maximum absolute atomic E-state index is 13.2. The summed E-state index contributed by atoms with van der Waals surface area (Å²) in [5.41, 5.74) is -2.55. The lowest BCUT2D eigenvalue weighted by atomic mass is 10.1. The number of methoxy groups -OCH3 is 1. The summed E-state index contributed by atoms with van der Waals surface area (Å²) in [4.78, 5) is 46.9. The second-order valence-electron chi connectivity index (χ2n) is 12.1. The number of benzene rings is 5. The van der Waals surface area contributed by atoms with E-state index < -0.39 is 65.8 Å². The van der Waals surface area contributed by atoms with Gasteiger partial charge in [-0.2, -0.15) is 18.6 Å². The quantitative estimate of drug-likeness (QED) is 0.0140. The minimum absolute atomic E-state index is 0.0149. The standard InChI is InChI=1S/C35H25N9O15S2/c1-16-11-26(27(57-2)15-25(16)38-37-24-10-6-20(44(51)52)14-23(24)34(47)48)39-40-29-28(60-59-58-53)13-17-12-18(3-9-22(17)32(29)45)36-41-30-31(35(49)50)42-43(33(30)46)19-4-7-21(8-5-19)61(54,55)56/h3-15,42,45,53H,1-2H3,(H,47,48)(H,49,50)(H,54,55,56). The molecule has 0 saturated heterocycles. The molecule has 0 aliphatic carbocycles. The van der Waals surface area contributed by atoms with Crippen molar-refractivity contribution in [2.75, 3.05) is 7.11 Å². The van der Waals surface area contributed by atoms with E-state index in [1.165, 1.54) is 43.5 Å². The van der Waals surface area contributed by atoms with Crippen LogP contribution in [0, 0.1) is 17.0 Å². The van der Waals surface area contributed by atoms with Gasteiger partial charge in [0.1, 0.15) is 22.8 Å². The van der Waals surface area contributed by atoms with Crippen molar-refractivity contribution in [2.24, 2.45) is 30.7 Å². The third-order valence-electron chi connectivity index (χ3n) is 8.37. The number of phenolic OH excluding ortho intramolecular Hbond substituents is 1. The summed E-state index contributed by atoms with van der Waals surface area (Å²) in [7, 11) is -3.22. The summed E-state index contributed by atoms with van der Waals surface area (Å²) in [6.07, 6.45) is 0. The molecule has 0 amide bonds. The highest BCUT2D eigenvalue weighted by molar-refractivity contribution is 7.94. The topological polar surface area (TPSA) is 352 Å². The molecule has 0 spiro atoms. The maximum atomic E-state index is 13.2. The molecule has 6 aromatic rings. The fraction of sp³-hybridized carbons (Fsp3) is 0.0571. The normalized spacial score (nSPS) is 11.9. The zero-order chi connectivity index (χ0) is 44.2. The summed E-state index contributed by atoms with van der Waals surface area (Å²) in [5, 5.41) is 81.5. The molecule has 24 nitrogen and oxygen atoms in total. The number of carboxylic acids is 2. The number of hydrogen-bond acceptors (Lipinski definition) is 19. The molecule has 0 saturated carbocycles. The number of carboxylic acid groups (broad SMARTS) is 2. The van der Waals surface area contributed by atoms with E-state index in [9.17, 15) is 52.8 Å². The Morgan fingerprint density at radius 2 is 1.54 bits per heavy atom. The van der Waals surface area contributed by atoms with Gasteiger partial charge in [-0.15, -0.1) is 24.8 Å². The number of carbonyl (C=O) groups is 2. The molecule has 0 radical (unpaired) electrons. The van der Waals surface area contributed by atoms with Gasteiger partial charge in [0.2, 0.25) is 0 Å². The number of aromatic carboxylic acids is 2. The van der Waals surface area contributed by atoms with Gasteiger partial charge in [-0.25, -0.2) is 19.5 Å². The summed E-state index contributed by atoms with van der Waals surface area (Å²) < 4.78 is 42.9. The van der Waals surface area contributed by atoms with Gasteiger partial charge in [0.05, 0.1) is 56.5 Å². The number of H-pyrrole nitrogens is 1. The summed E-state index contributed by atoms with van der Waals surface area (Å²) in [5.74, 6) is -3.35. The lowest BCUT2D eigenvalue weighted by Crippen LogP contribution is -2.14. The summed E-state index contributed by atoms with van der Waals surface area (Å²) in [6.45, 7) is 1.62. The fourth-order valence-corrected chi connectivity index (χ4v) is 6.43. The number of non-ortho nitro benzene ring substituents is 1. The molecule has 0 atom stereocenters. The summed E-state index contributed by atoms with van der Waals surface area (Å²) >= 11 is 0.424. The Bertz CT molecular complexity index is 3020. The minimum atomic E-state index is -4.54. The van der Waals surface area contributed by atoms with E-state index in [1.807, 2.05) is 0 Å². The lowest BCUT2D eigenvalue weighted by Gasteiger charge is -2.10. The van der Waals surface area contributed by atoms with Crippen molar-refractivity contribution in [1.29, 1.82) is 0 Å². The average Bonchev–Trinajstić information content (AvgIpc) is 3.56. The molecule has 1 aromatic heterocycles. The van der Waals surface area contributed by atoms with Crippen molar-refractivity contribution in [3.05, 3.63) is 116 Å². The number of nitro benzene ring substituents is 1. The van der Waals surface area contributed by atoms with E-state index in [4.69, 9.17) is 9.99 Å². The Hall–Kier alpha value is -7.75. The predicted octanol–water partition coefficient (Wildman–Crippen LogP) is 8.57. The molecule has 6 rings (SSSR count). The van der Waals surface area contributed by atoms with E-state index in [2.05, 4.69) is 45.2 Å². The Balaban J connectivity index is 1.32. The number of rotatable bonds is 15. The van der Waals surface area contributed by atoms with Gasteiger partial charge >= 0.3 is 11.9 Å². The number of aromatic amines is 1. The molecule has 0 fully saturated rings. The van der Waals surface area contributed by atoms with Crippen LogP contribution in [0.2, 0.25) is 0 Å². The first kappa shape index (κ1) is 42.8. The molecular weight excluding hydrogens is 851 g/mol. The van der Waals surface area contributed by atoms with Crippen LogP contribution in [0.15, 0.2) is 124 Å². The zero-order valence-corrected chi connectivity index (χ0v) is 32.4. The van der Waals surface area contributed by atoms with Crippen LogP contribution >= 0.6 is 12.0 Å². The number of nitro groups is 1.